The molecule has 2 amide bonds. The van der Waals surface area contributed by atoms with Gasteiger partial charge in [0.1, 0.15) is 16.4 Å². The van der Waals surface area contributed by atoms with Gasteiger partial charge in [-0.2, -0.15) is 0 Å². The summed E-state index contributed by atoms with van der Waals surface area (Å²) in [5.74, 6) is 1.09. The summed E-state index contributed by atoms with van der Waals surface area (Å²) in [7, 11) is -3.27. The van der Waals surface area contributed by atoms with Crippen molar-refractivity contribution in [3.05, 3.63) is 64.8 Å². The van der Waals surface area contributed by atoms with Gasteiger partial charge in [0, 0.05) is 0 Å². The average Bonchev–Trinajstić information content (AvgIpc) is 3.29. The van der Waals surface area contributed by atoms with Gasteiger partial charge in [0.15, 0.2) is 17.3 Å². The molecule has 0 radical (unpaired) electrons. The summed E-state index contributed by atoms with van der Waals surface area (Å²) >= 11 is 0.721. The quantitative estimate of drug-likeness (QED) is 0.203. The number of thiazole rings is 1. The normalized spacial score (nSPS) is 11.1. The van der Waals surface area contributed by atoms with Gasteiger partial charge in [-0.25, -0.2) is 37.6 Å². The maximum atomic E-state index is 14.5. The fourth-order valence-corrected chi connectivity index (χ4v) is 5.32. The summed E-state index contributed by atoms with van der Waals surface area (Å²) in [6, 6.07) is 6.07. The maximum Gasteiger partial charge on any atom is 0.357 e. The average molecular weight is 514 g/mol. The van der Waals surface area contributed by atoms with Crippen molar-refractivity contribution in [2.75, 3.05) is 16.7 Å². The molecule has 0 saturated heterocycles. The van der Waals surface area contributed by atoms with Crippen LogP contribution in [-0.4, -0.2) is 37.6 Å². The number of carbonyl (C=O) groups is 2. The number of ether oxygens (including phenoxy) is 1. The molecule has 1 heterocycles. The van der Waals surface area contributed by atoms with Crippen molar-refractivity contribution < 1.29 is 36.6 Å². The molecule has 0 aliphatic rings. The highest BCUT2D eigenvalue weighted by molar-refractivity contribution is 7.93. The summed E-state index contributed by atoms with van der Waals surface area (Å²) in [5, 5.41) is 11.0. The van der Waals surface area contributed by atoms with Crippen molar-refractivity contribution in [1.82, 2.24) is 10.4 Å². The van der Waals surface area contributed by atoms with Crippen LogP contribution in [0.3, 0.4) is 0 Å². The largest absolute Gasteiger partial charge is 0.497 e. The van der Waals surface area contributed by atoms with Crippen LogP contribution in [-0.2, 0) is 16.6 Å². The van der Waals surface area contributed by atoms with Crippen molar-refractivity contribution in [2.24, 2.45) is 5.84 Å². The van der Waals surface area contributed by atoms with Gasteiger partial charge in [0.2, 0.25) is 0 Å². The van der Waals surface area contributed by atoms with Crippen molar-refractivity contribution >= 4 is 44.0 Å². The molecule has 0 spiro atoms. The molecule has 0 bridgehead atoms. The number of urea groups is 1. The molecule has 34 heavy (non-hydrogen) atoms. The van der Waals surface area contributed by atoms with Crippen LogP contribution in [0.4, 0.5) is 24.3 Å². The molecular formula is C19H17F2N5O6S2. The van der Waals surface area contributed by atoms with E-state index >= 15 is 0 Å². The molecule has 0 atom stereocenters. The number of amides is 2. The van der Waals surface area contributed by atoms with E-state index in [2.05, 4.69) is 4.98 Å². The molecule has 15 heteroatoms. The van der Waals surface area contributed by atoms with E-state index in [9.17, 15) is 31.9 Å². The van der Waals surface area contributed by atoms with E-state index in [0.29, 0.717) is 27.8 Å². The van der Waals surface area contributed by atoms with Gasteiger partial charge >= 0.3 is 12.0 Å². The maximum absolute atomic E-state index is 14.5. The monoisotopic (exact) mass is 513 g/mol. The van der Waals surface area contributed by atoms with Gasteiger partial charge in [-0.3, -0.25) is 9.73 Å². The molecule has 11 nitrogen and oxygen atoms in total. The number of carboxylic acids is 1. The van der Waals surface area contributed by atoms with E-state index in [-0.39, 0.29) is 11.5 Å². The molecule has 0 aliphatic carbocycles. The number of hydrogen-bond acceptors (Lipinski definition) is 8. The van der Waals surface area contributed by atoms with Crippen molar-refractivity contribution in [3.63, 3.8) is 0 Å². The lowest BCUT2D eigenvalue weighted by molar-refractivity contribution is 0.0692. The Kier molecular flexibility index (Phi) is 7.29. The van der Waals surface area contributed by atoms with Gasteiger partial charge in [-0.05, 0) is 29.8 Å². The number of nitrogens with two attached hydrogens (primary N) is 1. The van der Waals surface area contributed by atoms with Gasteiger partial charge < -0.3 is 15.2 Å². The summed E-state index contributed by atoms with van der Waals surface area (Å²) < 4.78 is 61.7. The Hall–Kier alpha value is -3.82. The molecule has 3 aromatic rings. The minimum atomic E-state index is -4.71. The number of methoxy groups -OCH3 is 1. The van der Waals surface area contributed by atoms with Crippen LogP contribution in [0.2, 0.25) is 0 Å². The van der Waals surface area contributed by atoms with E-state index < -0.39 is 49.9 Å². The molecule has 5 N–H and O–H groups in total. The Bertz CT molecular complexity index is 1310. The lowest BCUT2D eigenvalue weighted by Gasteiger charge is -2.24. The number of anilines is 2. The molecule has 0 fully saturated rings. The number of carbonyl (C=O) groups excluding carboxylic acids is 1. The number of benzene rings is 2. The third-order valence-corrected chi connectivity index (χ3v) is 7.12. The first kappa shape index (κ1) is 24.8. The Morgan fingerprint density at radius 1 is 1.21 bits per heavy atom. The fraction of sp³-hybridized carbons (Fsp3) is 0.105. The third-order valence-electron chi connectivity index (χ3n) is 4.44. The highest BCUT2D eigenvalue weighted by atomic mass is 32.2. The van der Waals surface area contributed by atoms with Gasteiger partial charge in [-0.15, -0.1) is 11.3 Å². The molecule has 0 saturated carbocycles. The number of aromatic nitrogens is 1. The zero-order valence-corrected chi connectivity index (χ0v) is 18.9. The van der Waals surface area contributed by atoms with Crippen molar-refractivity contribution in [3.8, 4) is 5.75 Å². The molecule has 180 valence electrons. The van der Waals surface area contributed by atoms with E-state index in [4.69, 9.17) is 10.6 Å². The number of rotatable bonds is 8. The molecule has 0 aliphatic heterocycles. The van der Waals surface area contributed by atoms with Crippen LogP contribution in [0.15, 0.2) is 46.8 Å². The molecule has 1 aromatic heterocycles. The van der Waals surface area contributed by atoms with E-state index in [1.165, 1.54) is 7.11 Å². The first-order chi connectivity index (χ1) is 16.1. The van der Waals surface area contributed by atoms with E-state index in [0.717, 1.165) is 16.8 Å². The van der Waals surface area contributed by atoms with Crippen LogP contribution >= 0.6 is 11.3 Å². The second-order valence-corrected chi connectivity index (χ2v) is 9.23. The molecule has 3 rings (SSSR count). The van der Waals surface area contributed by atoms with Crippen LogP contribution in [0.1, 0.15) is 16.1 Å². The number of aromatic carboxylic acids is 1. The van der Waals surface area contributed by atoms with Gasteiger partial charge in [0.05, 0.1) is 24.1 Å². The number of hydrogen-bond donors (Lipinski definition) is 4. The molecular weight excluding hydrogens is 496 g/mol. The SMILES string of the molecule is COc1ccc(CN(c2scnc2C(=O)O)S(=O)(=O)c2cc(F)c(NC(=O)NN)c(F)c2)cc1. The van der Waals surface area contributed by atoms with Crippen molar-refractivity contribution in [1.29, 1.82) is 0 Å². The van der Waals surface area contributed by atoms with Crippen LogP contribution in [0.5, 0.6) is 5.75 Å². The minimum Gasteiger partial charge on any atom is -0.497 e. The Balaban J connectivity index is 2.11. The fourth-order valence-electron chi connectivity index (χ4n) is 2.82. The summed E-state index contributed by atoms with van der Waals surface area (Å²) in [4.78, 5) is 25.8. The molecule has 0 unspecified atom stereocenters. The van der Waals surface area contributed by atoms with E-state index in [1.807, 2.05) is 5.32 Å². The second-order valence-electron chi connectivity index (χ2n) is 6.53. The highest BCUT2D eigenvalue weighted by Crippen LogP contribution is 2.34. The summed E-state index contributed by atoms with van der Waals surface area (Å²) in [5.41, 5.74) is 1.70. The smallest absolute Gasteiger partial charge is 0.357 e. The minimum absolute atomic E-state index is 0.270. The molecule has 2 aromatic carbocycles. The third kappa shape index (κ3) is 5.05. The predicted molar refractivity (Wildman–Crippen MR) is 118 cm³/mol. The van der Waals surface area contributed by atoms with Crippen LogP contribution in [0, 0.1) is 11.6 Å². The number of sulfonamides is 1. The van der Waals surface area contributed by atoms with E-state index in [1.54, 1.807) is 29.7 Å². The first-order valence-electron chi connectivity index (χ1n) is 9.17. The number of hydrazine groups is 1. The summed E-state index contributed by atoms with van der Waals surface area (Å²) in [6.07, 6.45) is 0. The number of halogens is 2. The first-order valence-corrected chi connectivity index (χ1v) is 11.5. The van der Waals surface area contributed by atoms with Gasteiger partial charge in [0.25, 0.3) is 10.0 Å². The van der Waals surface area contributed by atoms with Crippen LogP contribution in [0.25, 0.3) is 0 Å². The van der Waals surface area contributed by atoms with Crippen LogP contribution < -0.4 is 25.6 Å². The lowest BCUT2D eigenvalue weighted by atomic mass is 10.2. The standard InChI is InChI=1S/C19H17F2N5O6S2/c1-32-11-4-2-10(3-5-11)8-26(17-16(18(27)28)23-9-33-17)34(30,31)12-6-13(20)15(14(21)7-12)24-19(29)25-22/h2-7,9H,8,22H2,1H3,(H,27,28)(H2,24,25,29). The number of nitrogens with zero attached hydrogens (tertiary/aromatic N) is 2. The van der Waals surface area contributed by atoms with Crippen molar-refractivity contribution in [2.45, 2.75) is 11.4 Å². The number of carboxylic acid groups (broad SMARTS) is 1. The zero-order valence-electron chi connectivity index (χ0n) is 17.3. The Morgan fingerprint density at radius 3 is 2.35 bits per heavy atom. The number of nitrogens with one attached hydrogen (secondary N) is 2. The topological polar surface area (TPSA) is 164 Å². The Labute approximate surface area is 195 Å². The zero-order chi connectivity index (χ0) is 25.0. The second kappa shape index (κ2) is 9.98. The lowest BCUT2D eigenvalue weighted by Crippen LogP contribution is -2.35. The van der Waals surface area contributed by atoms with Gasteiger partial charge in [-0.1, -0.05) is 12.1 Å². The highest BCUT2D eigenvalue weighted by Gasteiger charge is 2.32. The predicted octanol–water partition coefficient (Wildman–Crippen LogP) is 2.52. The summed E-state index contributed by atoms with van der Waals surface area (Å²) in [6.45, 7) is -0.381. The Morgan fingerprint density at radius 2 is 1.82 bits per heavy atom.